The van der Waals surface area contributed by atoms with Gasteiger partial charge in [0, 0.05) is 23.5 Å². The van der Waals surface area contributed by atoms with Gasteiger partial charge in [0.2, 0.25) is 5.78 Å². The van der Waals surface area contributed by atoms with E-state index in [2.05, 4.69) is 4.74 Å². The predicted molar refractivity (Wildman–Crippen MR) is 72.2 cm³/mol. The average Bonchev–Trinajstić information content (AvgIpc) is 2.37. The number of ether oxygens (including phenoxy) is 2. The lowest BCUT2D eigenvalue weighted by Crippen LogP contribution is -2.28. The smallest absolute Gasteiger partial charge is 0.374 e. The Morgan fingerprint density at radius 1 is 1.30 bits per heavy atom. The number of halogens is 1. The first-order chi connectivity index (χ1) is 9.31. The zero-order valence-electron chi connectivity index (χ0n) is 12.2. The molecule has 0 aliphatic rings. The molecule has 0 bridgehead atoms. The molecule has 0 amide bonds. The van der Waals surface area contributed by atoms with Crippen LogP contribution in [0.25, 0.3) is 0 Å². The van der Waals surface area contributed by atoms with Crippen molar-refractivity contribution in [1.82, 2.24) is 0 Å². The Labute approximate surface area is 117 Å². The monoisotopic (exact) mass is 282 g/mol. The maximum absolute atomic E-state index is 13.2. The van der Waals surface area contributed by atoms with Crippen LogP contribution >= 0.6 is 0 Å². The van der Waals surface area contributed by atoms with Gasteiger partial charge < -0.3 is 9.47 Å². The van der Waals surface area contributed by atoms with Crippen molar-refractivity contribution in [1.29, 1.82) is 0 Å². The van der Waals surface area contributed by atoms with Gasteiger partial charge in [-0.3, -0.25) is 4.79 Å². The maximum Gasteiger partial charge on any atom is 0.374 e. The van der Waals surface area contributed by atoms with Crippen LogP contribution in [0.1, 0.15) is 32.8 Å². The molecule has 4 nitrogen and oxygen atoms in total. The van der Waals surface area contributed by atoms with Crippen LogP contribution in [0.5, 0.6) is 5.75 Å². The van der Waals surface area contributed by atoms with E-state index in [4.69, 9.17) is 4.74 Å². The summed E-state index contributed by atoms with van der Waals surface area (Å²) in [5.74, 6) is -1.52. The normalized spacial score (nSPS) is 11.1. The van der Waals surface area contributed by atoms with Gasteiger partial charge in [-0.15, -0.1) is 0 Å². The molecule has 5 heteroatoms. The highest BCUT2D eigenvalue weighted by Crippen LogP contribution is 2.35. The summed E-state index contributed by atoms with van der Waals surface area (Å²) in [4.78, 5) is 23.2. The second-order valence-electron chi connectivity index (χ2n) is 5.05. The minimum Gasteiger partial charge on any atom is -0.496 e. The quantitative estimate of drug-likeness (QED) is 0.594. The molecule has 0 atom stereocenters. The zero-order valence-corrected chi connectivity index (χ0v) is 12.2. The Bertz CT molecular complexity index is 509. The molecule has 0 aliphatic carbocycles. The Hall–Kier alpha value is -1.91. The number of hydrogen-bond acceptors (Lipinski definition) is 4. The first kappa shape index (κ1) is 16.1. The van der Waals surface area contributed by atoms with Gasteiger partial charge >= 0.3 is 5.97 Å². The molecule has 0 N–H and O–H groups in total. The largest absolute Gasteiger partial charge is 0.496 e. The summed E-state index contributed by atoms with van der Waals surface area (Å²) in [5.41, 5.74) is 0.00198. The summed E-state index contributed by atoms with van der Waals surface area (Å²) in [6.07, 6.45) is -0.0339. The minimum absolute atomic E-state index is 0.0339. The minimum atomic E-state index is -0.846. The van der Waals surface area contributed by atoms with Crippen LogP contribution < -0.4 is 4.74 Å². The van der Waals surface area contributed by atoms with E-state index in [9.17, 15) is 14.0 Å². The summed E-state index contributed by atoms with van der Waals surface area (Å²) in [6.45, 7) is 5.38. The molecule has 1 rings (SSSR count). The van der Waals surface area contributed by atoms with Crippen LogP contribution in [-0.4, -0.2) is 25.5 Å². The number of benzene rings is 1. The highest BCUT2D eigenvalue weighted by atomic mass is 19.1. The van der Waals surface area contributed by atoms with E-state index >= 15 is 0 Å². The molecule has 0 heterocycles. The van der Waals surface area contributed by atoms with Gasteiger partial charge in [-0.25, -0.2) is 9.18 Å². The van der Waals surface area contributed by atoms with E-state index in [1.807, 2.05) is 0 Å². The van der Waals surface area contributed by atoms with E-state index in [1.54, 1.807) is 26.8 Å². The number of esters is 1. The second-order valence-corrected chi connectivity index (χ2v) is 5.05. The molecule has 110 valence electrons. The topological polar surface area (TPSA) is 52.6 Å². The number of Topliss-reactive ketones (excluding diaryl/α,β-unsaturated/α-hetero) is 1. The van der Waals surface area contributed by atoms with Crippen molar-refractivity contribution in [2.75, 3.05) is 13.7 Å². The number of hydrogen-bond donors (Lipinski definition) is 0. The van der Waals surface area contributed by atoms with Crippen molar-refractivity contribution in [3.8, 4) is 5.75 Å². The Kier molecular flexibility index (Phi) is 5.25. The number of methoxy groups -OCH3 is 1. The molecule has 0 fully saturated rings. The van der Waals surface area contributed by atoms with Crippen molar-refractivity contribution in [3.63, 3.8) is 0 Å². The van der Waals surface area contributed by atoms with Gasteiger partial charge in [-0.2, -0.15) is 0 Å². The van der Waals surface area contributed by atoms with Gasteiger partial charge in [0.15, 0.2) is 0 Å². The predicted octanol–water partition coefficient (Wildman–Crippen LogP) is 2.63. The van der Waals surface area contributed by atoms with Crippen LogP contribution in [0.4, 0.5) is 4.39 Å². The molecule has 1 aromatic rings. The number of carbonyl (C=O) groups excluding carboxylic acids is 2. The van der Waals surface area contributed by atoms with Crippen LogP contribution in [0.2, 0.25) is 0 Å². The molecule has 0 unspecified atom stereocenters. The molecule has 0 radical (unpaired) electrons. The summed E-state index contributed by atoms with van der Waals surface area (Å²) in [5, 5.41) is 0. The summed E-state index contributed by atoms with van der Waals surface area (Å²) >= 11 is 0. The lowest BCUT2D eigenvalue weighted by atomic mass is 9.79. The Morgan fingerprint density at radius 2 is 1.95 bits per heavy atom. The number of carbonyl (C=O) groups is 2. The molecular formula is C15H19FO4. The number of ketones is 1. The van der Waals surface area contributed by atoms with E-state index < -0.39 is 23.0 Å². The molecule has 0 spiro atoms. The first-order valence-electron chi connectivity index (χ1n) is 6.35. The van der Waals surface area contributed by atoms with Gasteiger partial charge in [0.05, 0.1) is 13.7 Å². The molecule has 20 heavy (non-hydrogen) atoms. The highest BCUT2D eigenvalue weighted by Gasteiger charge is 2.30. The summed E-state index contributed by atoms with van der Waals surface area (Å²) < 4.78 is 23.0. The first-order valence-corrected chi connectivity index (χ1v) is 6.35. The third-order valence-electron chi connectivity index (χ3n) is 3.00. The number of rotatable bonds is 6. The Morgan fingerprint density at radius 3 is 2.50 bits per heavy atom. The van der Waals surface area contributed by atoms with Crippen molar-refractivity contribution in [3.05, 3.63) is 29.6 Å². The Balaban J connectivity index is 2.99. The van der Waals surface area contributed by atoms with Crippen molar-refractivity contribution >= 4 is 11.8 Å². The zero-order chi connectivity index (χ0) is 15.3. The average molecular weight is 282 g/mol. The SMILES string of the molecule is CCOC(=O)C(=O)CC(C)(C)c1ccc(F)cc1OC. The van der Waals surface area contributed by atoms with Crippen molar-refractivity contribution in [2.45, 2.75) is 32.6 Å². The summed E-state index contributed by atoms with van der Waals surface area (Å²) in [7, 11) is 1.43. The molecular weight excluding hydrogens is 263 g/mol. The van der Waals surface area contributed by atoms with E-state index in [0.717, 1.165) is 0 Å². The molecule has 1 aromatic carbocycles. The van der Waals surface area contributed by atoms with Crippen LogP contribution in [0.15, 0.2) is 18.2 Å². The lowest BCUT2D eigenvalue weighted by Gasteiger charge is -2.26. The molecule has 0 saturated heterocycles. The third kappa shape index (κ3) is 3.79. The van der Waals surface area contributed by atoms with Crippen LogP contribution in [0.3, 0.4) is 0 Å². The fourth-order valence-electron chi connectivity index (χ4n) is 2.00. The van der Waals surface area contributed by atoms with Gasteiger partial charge in [0.1, 0.15) is 11.6 Å². The molecule has 0 aliphatic heterocycles. The van der Waals surface area contributed by atoms with Crippen LogP contribution in [0, 0.1) is 5.82 Å². The molecule has 0 saturated carbocycles. The highest BCUT2D eigenvalue weighted by molar-refractivity contribution is 6.33. The van der Waals surface area contributed by atoms with E-state index in [0.29, 0.717) is 11.3 Å². The third-order valence-corrected chi connectivity index (χ3v) is 3.00. The summed E-state index contributed by atoms with van der Waals surface area (Å²) in [6, 6.07) is 4.12. The van der Waals surface area contributed by atoms with E-state index in [-0.39, 0.29) is 13.0 Å². The fourth-order valence-corrected chi connectivity index (χ4v) is 2.00. The van der Waals surface area contributed by atoms with Crippen LogP contribution in [-0.2, 0) is 19.7 Å². The second kappa shape index (κ2) is 6.50. The lowest BCUT2D eigenvalue weighted by molar-refractivity contribution is -0.154. The van der Waals surface area contributed by atoms with Gasteiger partial charge in [-0.05, 0) is 13.0 Å². The van der Waals surface area contributed by atoms with Gasteiger partial charge in [-0.1, -0.05) is 19.9 Å². The molecule has 0 aromatic heterocycles. The maximum atomic E-state index is 13.2. The van der Waals surface area contributed by atoms with Crippen molar-refractivity contribution in [2.24, 2.45) is 0 Å². The standard InChI is InChI=1S/C15H19FO4/c1-5-20-14(18)12(17)9-15(2,3)11-7-6-10(16)8-13(11)19-4/h6-8H,5,9H2,1-4H3. The fraction of sp³-hybridized carbons (Fsp3) is 0.467. The van der Waals surface area contributed by atoms with Gasteiger partial charge in [0.25, 0.3) is 0 Å². The van der Waals surface area contributed by atoms with Crippen molar-refractivity contribution < 1.29 is 23.5 Å². The van der Waals surface area contributed by atoms with E-state index in [1.165, 1.54) is 19.2 Å².